The molecule has 0 bridgehead atoms. The summed E-state index contributed by atoms with van der Waals surface area (Å²) in [5.41, 5.74) is 1.84. The number of ether oxygens (including phenoxy) is 4. The van der Waals surface area contributed by atoms with Gasteiger partial charge < -0.3 is 24.3 Å². The van der Waals surface area contributed by atoms with Crippen molar-refractivity contribution in [2.24, 2.45) is 0 Å². The summed E-state index contributed by atoms with van der Waals surface area (Å²) >= 11 is 1.19. The van der Waals surface area contributed by atoms with E-state index in [1.807, 2.05) is 30.3 Å². The van der Waals surface area contributed by atoms with Crippen molar-refractivity contribution in [2.75, 3.05) is 32.8 Å². The number of thiophene rings is 1. The quantitative estimate of drug-likeness (QED) is 0.464. The molecule has 0 spiro atoms. The zero-order chi connectivity index (χ0) is 23.8. The fourth-order valence-corrected chi connectivity index (χ4v) is 4.08. The van der Waals surface area contributed by atoms with Crippen molar-refractivity contribution in [1.82, 2.24) is 0 Å². The van der Waals surface area contributed by atoms with Crippen molar-refractivity contribution in [3.63, 3.8) is 0 Å². The second-order valence-corrected chi connectivity index (χ2v) is 7.49. The van der Waals surface area contributed by atoms with Gasteiger partial charge in [0.25, 0.3) is 5.91 Å². The molecule has 1 amide bonds. The smallest absolute Gasteiger partial charge is 0.342 e. The lowest BCUT2D eigenvalue weighted by atomic mass is 10.0. The molecule has 8 nitrogen and oxygen atoms in total. The molecule has 1 aromatic heterocycles. The number of benzene rings is 2. The first kappa shape index (κ1) is 23.8. The van der Waals surface area contributed by atoms with Crippen LogP contribution < -0.4 is 14.8 Å². The highest BCUT2D eigenvalue weighted by atomic mass is 32.1. The number of para-hydroxylation sites is 1. The molecular formula is C24H23NO7S. The standard InChI is InChI=1S/C24H23NO7S/c1-4-31-24(28)20-17(15-9-6-5-7-10-15)14-33-22(20)25-19(26)13-32-23(27)16-11-8-12-18(29-2)21(16)30-3/h5-12,14H,4,13H2,1-3H3,(H,25,26). The van der Waals surface area contributed by atoms with Crippen molar-refractivity contribution in [2.45, 2.75) is 6.92 Å². The Morgan fingerprint density at radius 1 is 0.909 bits per heavy atom. The van der Waals surface area contributed by atoms with Gasteiger partial charge in [-0.2, -0.15) is 0 Å². The zero-order valence-electron chi connectivity index (χ0n) is 18.4. The van der Waals surface area contributed by atoms with Crippen LogP contribution in [0.1, 0.15) is 27.6 Å². The molecule has 0 aliphatic carbocycles. The molecule has 0 saturated heterocycles. The van der Waals surface area contributed by atoms with Crippen LogP contribution in [0.15, 0.2) is 53.9 Å². The van der Waals surface area contributed by atoms with E-state index in [1.54, 1.807) is 24.4 Å². The van der Waals surface area contributed by atoms with E-state index in [2.05, 4.69) is 5.32 Å². The molecule has 3 rings (SSSR count). The third kappa shape index (κ3) is 5.50. The fraction of sp³-hybridized carbons (Fsp3) is 0.208. The van der Waals surface area contributed by atoms with Crippen LogP contribution >= 0.6 is 11.3 Å². The van der Waals surface area contributed by atoms with Gasteiger partial charge in [0, 0.05) is 10.9 Å². The Morgan fingerprint density at radius 2 is 1.67 bits per heavy atom. The minimum atomic E-state index is -0.748. The highest BCUT2D eigenvalue weighted by Gasteiger charge is 2.24. The van der Waals surface area contributed by atoms with Crippen LogP contribution in [0.2, 0.25) is 0 Å². The summed E-state index contributed by atoms with van der Waals surface area (Å²) in [6, 6.07) is 14.1. The molecule has 1 heterocycles. The van der Waals surface area contributed by atoms with E-state index < -0.39 is 24.5 Å². The molecule has 0 fully saturated rings. The molecule has 0 unspecified atom stereocenters. The van der Waals surface area contributed by atoms with E-state index in [9.17, 15) is 14.4 Å². The Kier molecular flexibility index (Phi) is 8.04. The average molecular weight is 470 g/mol. The molecule has 9 heteroatoms. The number of carbonyl (C=O) groups is 3. The highest BCUT2D eigenvalue weighted by molar-refractivity contribution is 7.15. The molecule has 0 saturated carbocycles. The first-order chi connectivity index (χ1) is 16.0. The maximum Gasteiger partial charge on any atom is 0.342 e. The van der Waals surface area contributed by atoms with Gasteiger partial charge in [0.05, 0.1) is 20.8 Å². The Bertz CT molecular complexity index is 1140. The maximum absolute atomic E-state index is 12.6. The molecule has 0 radical (unpaired) electrons. The Hall–Kier alpha value is -3.85. The fourth-order valence-electron chi connectivity index (χ4n) is 3.11. The van der Waals surface area contributed by atoms with Gasteiger partial charge in [0.15, 0.2) is 18.1 Å². The normalized spacial score (nSPS) is 10.3. The Morgan fingerprint density at radius 3 is 2.33 bits per heavy atom. The lowest BCUT2D eigenvalue weighted by Gasteiger charge is -2.12. The van der Waals surface area contributed by atoms with Gasteiger partial charge in [-0.1, -0.05) is 36.4 Å². The van der Waals surface area contributed by atoms with Crippen molar-refractivity contribution >= 4 is 34.2 Å². The van der Waals surface area contributed by atoms with Gasteiger partial charge in [-0.25, -0.2) is 9.59 Å². The van der Waals surface area contributed by atoms with Crippen molar-refractivity contribution in [3.8, 4) is 22.6 Å². The van der Waals surface area contributed by atoms with Crippen molar-refractivity contribution in [3.05, 3.63) is 65.0 Å². The molecule has 0 aliphatic rings. The van der Waals surface area contributed by atoms with E-state index in [-0.39, 0.29) is 23.5 Å². The number of anilines is 1. The summed E-state index contributed by atoms with van der Waals surface area (Å²) in [7, 11) is 2.85. The average Bonchev–Trinajstić information content (AvgIpc) is 3.26. The number of esters is 2. The maximum atomic E-state index is 12.6. The van der Waals surface area contributed by atoms with E-state index in [4.69, 9.17) is 18.9 Å². The SMILES string of the molecule is CCOC(=O)c1c(-c2ccccc2)csc1NC(=O)COC(=O)c1cccc(OC)c1OC. The van der Waals surface area contributed by atoms with E-state index in [1.165, 1.54) is 31.6 Å². The van der Waals surface area contributed by atoms with Gasteiger partial charge >= 0.3 is 11.9 Å². The predicted molar refractivity (Wildman–Crippen MR) is 124 cm³/mol. The Balaban J connectivity index is 1.75. The van der Waals surface area contributed by atoms with Gasteiger partial charge in [-0.15, -0.1) is 11.3 Å². The summed E-state index contributed by atoms with van der Waals surface area (Å²) in [5.74, 6) is -1.32. The second kappa shape index (κ2) is 11.1. The topological polar surface area (TPSA) is 100 Å². The number of carbonyl (C=O) groups excluding carboxylic acids is 3. The highest BCUT2D eigenvalue weighted by Crippen LogP contribution is 2.36. The van der Waals surface area contributed by atoms with Crippen LogP contribution in [0.25, 0.3) is 11.1 Å². The summed E-state index contributed by atoms with van der Waals surface area (Å²) < 4.78 is 20.7. The third-order valence-corrected chi connectivity index (χ3v) is 5.46. The Labute approximate surface area is 195 Å². The number of rotatable bonds is 9. The molecular weight excluding hydrogens is 446 g/mol. The zero-order valence-corrected chi connectivity index (χ0v) is 19.2. The van der Waals surface area contributed by atoms with Crippen LogP contribution in [0.5, 0.6) is 11.5 Å². The predicted octanol–water partition coefficient (Wildman–Crippen LogP) is 4.40. The summed E-state index contributed by atoms with van der Waals surface area (Å²) in [4.78, 5) is 37.6. The summed E-state index contributed by atoms with van der Waals surface area (Å²) in [6.07, 6.45) is 0. The number of methoxy groups -OCH3 is 2. The molecule has 0 aliphatic heterocycles. The summed E-state index contributed by atoms with van der Waals surface area (Å²) in [6.45, 7) is 1.34. The lowest BCUT2D eigenvalue weighted by Crippen LogP contribution is -2.22. The number of hydrogen-bond acceptors (Lipinski definition) is 8. The van der Waals surface area contributed by atoms with E-state index in [0.717, 1.165) is 5.56 Å². The molecule has 3 aromatic rings. The molecule has 33 heavy (non-hydrogen) atoms. The van der Waals surface area contributed by atoms with E-state index in [0.29, 0.717) is 16.3 Å². The van der Waals surface area contributed by atoms with Gasteiger partial charge in [-0.05, 0) is 24.6 Å². The lowest BCUT2D eigenvalue weighted by molar-refractivity contribution is -0.119. The van der Waals surface area contributed by atoms with Crippen molar-refractivity contribution in [1.29, 1.82) is 0 Å². The van der Waals surface area contributed by atoms with Gasteiger partial charge in [-0.3, -0.25) is 4.79 Å². The minimum absolute atomic E-state index is 0.124. The molecule has 0 atom stereocenters. The van der Waals surface area contributed by atoms with Crippen LogP contribution in [-0.2, 0) is 14.3 Å². The van der Waals surface area contributed by atoms with Crippen LogP contribution in [0.3, 0.4) is 0 Å². The monoisotopic (exact) mass is 469 g/mol. The first-order valence-corrected chi connectivity index (χ1v) is 10.9. The number of amides is 1. The van der Waals surface area contributed by atoms with Crippen LogP contribution in [0, 0.1) is 0 Å². The largest absolute Gasteiger partial charge is 0.493 e. The summed E-state index contributed by atoms with van der Waals surface area (Å²) in [5, 5.41) is 4.72. The number of nitrogens with one attached hydrogen (secondary N) is 1. The molecule has 172 valence electrons. The molecule has 1 N–H and O–H groups in total. The second-order valence-electron chi connectivity index (χ2n) is 6.61. The van der Waals surface area contributed by atoms with Gasteiger partial charge in [0.2, 0.25) is 0 Å². The minimum Gasteiger partial charge on any atom is -0.493 e. The molecule has 2 aromatic carbocycles. The van der Waals surface area contributed by atoms with Crippen LogP contribution in [0.4, 0.5) is 5.00 Å². The van der Waals surface area contributed by atoms with Crippen LogP contribution in [-0.4, -0.2) is 45.3 Å². The third-order valence-electron chi connectivity index (χ3n) is 4.57. The van der Waals surface area contributed by atoms with E-state index >= 15 is 0 Å². The van der Waals surface area contributed by atoms with Crippen molar-refractivity contribution < 1.29 is 33.3 Å². The first-order valence-electron chi connectivity index (χ1n) is 10.0. The van der Waals surface area contributed by atoms with Gasteiger partial charge in [0.1, 0.15) is 16.1 Å². The number of hydrogen-bond donors (Lipinski definition) is 1.